The normalized spacial score (nSPS) is 35.9. The highest BCUT2D eigenvalue weighted by Gasteiger charge is 2.72. The number of nitrogens with zero attached hydrogens (tertiary/aromatic N) is 2. The molecule has 8 nitrogen and oxygen atoms in total. The van der Waals surface area contributed by atoms with Crippen molar-refractivity contribution < 1.29 is 19.1 Å². The molecule has 0 aromatic heterocycles. The van der Waals surface area contributed by atoms with Gasteiger partial charge < -0.3 is 25.2 Å². The largest absolute Gasteiger partial charge is 0.359 e. The summed E-state index contributed by atoms with van der Waals surface area (Å²) in [7, 11) is 0. The summed E-state index contributed by atoms with van der Waals surface area (Å²) in [6.45, 7) is 9.89. The second-order valence-electron chi connectivity index (χ2n) is 13.3. The van der Waals surface area contributed by atoms with Gasteiger partial charge in [0.2, 0.25) is 17.7 Å². The molecule has 1 spiro atoms. The number of nitrogens with one attached hydrogen (secondary N) is 2. The molecule has 1 aromatic rings. The molecule has 0 radical (unpaired) electrons. The van der Waals surface area contributed by atoms with E-state index in [0.717, 1.165) is 44.5 Å². The molecule has 6 unspecified atom stereocenters. The molecule has 6 rings (SSSR count). The Kier molecular flexibility index (Phi) is 8.42. The number of hydrogen-bond donors (Lipinski definition) is 2. The predicted octanol–water partition coefficient (Wildman–Crippen LogP) is 4.55. The van der Waals surface area contributed by atoms with Crippen molar-refractivity contribution in [2.45, 2.75) is 89.5 Å². The van der Waals surface area contributed by atoms with Crippen molar-refractivity contribution in [2.24, 2.45) is 23.7 Å². The van der Waals surface area contributed by atoms with Gasteiger partial charge in [0.15, 0.2) is 0 Å². The molecular weight excluding hydrogens is 552 g/mol. The van der Waals surface area contributed by atoms with Gasteiger partial charge in [0, 0.05) is 23.3 Å². The van der Waals surface area contributed by atoms with Gasteiger partial charge in [-0.1, -0.05) is 62.9 Å². The summed E-state index contributed by atoms with van der Waals surface area (Å²) in [5.74, 6) is -1.19. The Morgan fingerprint density at radius 3 is 2.62 bits per heavy atom. The van der Waals surface area contributed by atoms with Crippen LogP contribution in [0.1, 0.15) is 64.4 Å². The SMILES string of the molecule is Cc1ccc(NC(=O)C2[C@@H]3C=CC4(O3)C(C(=O)NC3CCCC(C)C3C)N(CCCN3CCCCC3)C(=O)[C@H]24)cc1Cl. The Bertz CT molecular complexity index is 1250. The minimum absolute atomic E-state index is 0.0648. The molecule has 4 aliphatic heterocycles. The lowest BCUT2D eigenvalue weighted by Gasteiger charge is -2.38. The van der Waals surface area contributed by atoms with Gasteiger partial charge in [0.25, 0.3) is 0 Å². The van der Waals surface area contributed by atoms with Crippen LogP contribution in [0.4, 0.5) is 5.69 Å². The van der Waals surface area contributed by atoms with Crippen molar-refractivity contribution in [1.82, 2.24) is 15.1 Å². The van der Waals surface area contributed by atoms with E-state index >= 15 is 0 Å². The second-order valence-corrected chi connectivity index (χ2v) is 13.7. The Morgan fingerprint density at radius 1 is 1.07 bits per heavy atom. The average molecular weight is 597 g/mol. The molecule has 1 aromatic carbocycles. The zero-order valence-electron chi connectivity index (χ0n) is 25.1. The van der Waals surface area contributed by atoms with E-state index in [2.05, 4.69) is 29.4 Å². The molecule has 1 saturated carbocycles. The number of likely N-dealkylation sites (tertiary alicyclic amines) is 2. The number of halogens is 1. The van der Waals surface area contributed by atoms with Crippen molar-refractivity contribution in [3.8, 4) is 0 Å². The number of fused-ring (bicyclic) bond motifs is 1. The first-order chi connectivity index (χ1) is 20.2. The molecule has 8 atom stereocenters. The topological polar surface area (TPSA) is 91.0 Å². The van der Waals surface area contributed by atoms with E-state index < -0.39 is 29.6 Å². The van der Waals surface area contributed by atoms with E-state index in [1.54, 1.807) is 11.0 Å². The Labute approximate surface area is 254 Å². The maximum Gasteiger partial charge on any atom is 0.246 e. The van der Waals surface area contributed by atoms with Crippen molar-refractivity contribution in [1.29, 1.82) is 0 Å². The van der Waals surface area contributed by atoms with Crippen LogP contribution in [0.25, 0.3) is 0 Å². The van der Waals surface area contributed by atoms with Crippen LogP contribution in [-0.2, 0) is 19.1 Å². The van der Waals surface area contributed by atoms with Crippen LogP contribution in [0.2, 0.25) is 5.02 Å². The molecule has 5 aliphatic rings. The van der Waals surface area contributed by atoms with Gasteiger partial charge >= 0.3 is 0 Å². The summed E-state index contributed by atoms with van der Waals surface area (Å²) in [5.41, 5.74) is 0.351. The summed E-state index contributed by atoms with van der Waals surface area (Å²) in [6.07, 6.45) is 10.9. The van der Waals surface area contributed by atoms with E-state index in [9.17, 15) is 14.4 Å². The smallest absolute Gasteiger partial charge is 0.246 e. The molecule has 1 aliphatic carbocycles. The number of benzene rings is 1. The van der Waals surface area contributed by atoms with Crippen LogP contribution in [-0.4, -0.2) is 77.5 Å². The van der Waals surface area contributed by atoms with E-state index in [4.69, 9.17) is 16.3 Å². The minimum atomic E-state index is -1.15. The average Bonchev–Trinajstić information content (AvgIpc) is 3.61. The quantitative estimate of drug-likeness (QED) is 0.430. The number of aryl methyl sites for hydroxylation is 1. The summed E-state index contributed by atoms with van der Waals surface area (Å²) in [5, 5.41) is 6.88. The summed E-state index contributed by atoms with van der Waals surface area (Å²) in [4.78, 5) is 46.4. The van der Waals surface area contributed by atoms with Crippen molar-refractivity contribution in [3.63, 3.8) is 0 Å². The van der Waals surface area contributed by atoms with E-state index in [1.807, 2.05) is 31.2 Å². The van der Waals surface area contributed by atoms with Gasteiger partial charge in [-0.15, -0.1) is 0 Å². The maximum absolute atomic E-state index is 14.3. The third-order valence-corrected chi connectivity index (χ3v) is 11.1. The van der Waals surface area contributed by atoms with Crippen molar-refractivity contribution in [3.05, 3.63) is 40.9 Å². The number of anilines is 1. The van der Waals surface area contributed by atoms with Crippen molar-refractivity contribution >= 4 is 35.0 Å². The predicted molar refractivity (Wildman–Crippen MR) is 163 cm³/mol. The molecule has 4 heterocycles. The Morgan fingerprint density at radius 2 is 1.86 bits per heavy atom. The minimum Gasteiger partial charge on any atom is -0.359 e. The van der Waals surface area contributed by atoms with Crippen LogP contribution in [0, 0.1) is 30.6 Å². The Hall–Kier alpha value is -2.42. The fraction of sp³-hybridized carbons (Fsp3) is 0.667. The van der Waals surface area contributed by atoms with Gasteiger partial charge in [-0.25, -0.2) is 0 Å². The molecule has 9 heteroatoms. The third-order valence-electron chi connectivity index (χ3n) is 10.7. The van der Waals surface area contributed by atoms with Gasteiger partial charge in [0.05, 0.1) is 17.9 Å². The molecule has 42 heavy (non-hydrogen) atoms. The number of hydrogen-bond acceptors (Lipinski definition) is 5. The van der Waals surface area contributed by atoms with Crippen LogP contribution in [0.15, 0.2) is 30.4 Å². The maximum atomic E-state index is 14.3. The highest BCUT2D eigenvalue weighted by atomic mass is 35.5. The lowest BCUT2D eigenvalue weighted by Crippen LogP contribution is -2.58. The van der Waals surface area contributed by atoms with E-state index in [0.29, 0.717) is 29.1 Å². The zero-order valence-corrected chi connectivity index (χ0v) is 25.9. The van der Waals surface area contributed by atoms with Gasteiger partial charge in [-0.3, -0.25) is 14.4 Å². The summed E-state index contributed by atoms with van der Waals surface area (Å²) in [6, 6.07) is 4.66. The standard InChI is InChI=1S/C33H45ClN4O4/c1-20-9-7-10-25(22(20)3)36-31(40)29-33-14-13-26(42-33)27(30(39)35-23-12-11-21(2)24(34)19-23)28(33)32(41)38(29)18-8-17-37-15-5-4-6-16-37/h11-14,19-20,22,25-29H,4-10,15-18H2,1-3H3,(H,35,39)(H,36,40)/t20?,22?,25?,26-,27?,28-,29?,33?/m0/s1. The lowest BCUT2D eigenvalue weighted by molar-refractivity contribution is -0.141. The first kappa shape index (κ1) is 29.6. The number of amides is 3. The van der Waals surface area contributed by atoms with Crippen LogP contribution in [0.5, 0.6) is 0 Å². The molecule has 2 N–H and O–H groups in total. The van der Waals surface area contributed by atoms with Crippen LogP contribution < -0.4 is 10.6 Å². The molecule has 4 fully saturated rings. The van der Waals surface area contributed by atoms with Crippen LogP contribution >= 0.6 is 11.6 Å². The summed E-state index contributed by atoms with van der Waals surface area (Å²) < 4.78 is 6.53. The Balaban J connectivity index is 1.25. The summed E-state index contributed by atoms with van der Waals surface area (Å²) >= 11 is 6.31. The monoisotopic (exact) mass is 596 g/mol. The van der Waals surface area contributed by atoms with Gasteiger partial charge in [0.1, 0.15) is 11.6 Å². The zero-order chi connectivity index (χ0) is 29.6. The highest BCUT2D eigenvalue weighted by molar-refractivity contribution is 6.31. The third kappa shape index (κ3) is 5.28. The molecule has 3 amide bonds. The lowest BCUT2D eigenvalue weighted by atomic mass is 9.73. The van der Waals surface area contributed by atoms with Crippen molar-refractivity contribution in [2.75, 3.05) is 31.5 Å². The van der Waals surface area contributed by atoms with Crippen LogP contribution in [0.3, 0.4) is 0 Å². The van der Waals surface area contributed by atoms with Gasteiger partial charge in [-0.2, -0.15) is 0 Å². The fourth-order valence-electron chi connectivity index (χ4n) is 8.10. The number of carbonyl (C=O) groups excluding carboxylic acids is 3. The highest BCUT2D eigenvalue weighted by Crippen LogP contribution is 2.55. The number of ether oxygens (including phenoxy) is 1. The van der Waals surface area contributed by atoms with E-state index in [1.165, 1.54) is 25.7 Å². The number of rotatable bonds is 8. The molecule has 2 bridgehead atoms. The fourth-order valence-corrected chi connectivity index (χ4v) is 8.28. The first-order valence-corrected chi connectivity index (χ1v) is 16.3. The number of piperidine rings is 1. The second kappa shape index (κ2) is 11.9. The molecule has 228 valence electrons. The van der Waals surface area contributed by atoms with E-state index in [-0.39, 0.29) is 23.8 Å². The van der Waals surface area contributed by atoms with Gasteiger partial charge in [-0.05, 0) is 81.8 Å². The molecule has 3 saturated heterocycles. The first-order valence-electron chi connectivity index (χ1n) is 16.0. The number of carbonyl (C=O) groups is 3. The molecular formula is C33H45ClN4O4.